The second kappa shape index (κ2) is 6.02. The molecule has 0 bridgehead atoms. The Labute approximate surface area is 123 Å². The summed E-state index contributed by atoms with van der Waals surface area (Å²) in [6, 6.07) is 13.0. The third kappa shape index (κ3) is 2.78. The summed E-state index contributed by atoms with van der Waals surface area (Å²) in [7, 11) is 0. The number of hydrogen-bond acceptors (Lipinski definition) is 2. The summed E-state index contributed by atoms with van der Waals surface area (Å²) >= 11 is 0. The van der Waals surface area contributed by atoms with E-state index in [1.165, 1.54) is 6.07 Å². The van der Waals surface area contributed by atoms with E-state index in [9.17, 15) is 4.39 Å². The number of pyridine rings is 1. The molecule has 106 valence electrons. The van der Waals surface area contributed by atoms with Crippen LogP contribution in [-0.2, 0) is 6.54 Å². The predicted octanol–water partition coefficient (Wildman–Crippen LogP) is 4.15. The van der Waals surface area contributed by atoms with Gasteiger partial charge < -0.3 is 5.32 Å². The number of halogens is 1. The molecule has 1 heterocycles. The van der Waals surface area contributed by atoms with Crippen LogP contribution in [0.2, 0.25) is 0 Å². The van der Waals surface area contributed by atoms with E-state index in [0.29, 0.717) is 0 Å². The Kier molecular flexibility index (Phi) is 3.93. The third-order valence-electron chi connectivity index (χ3n) is 3.60. The zero-order chi connectivity index (χ0) is 14.7. The van der Waals surface area contributed by atoms with Crippen molar-refractivity contribution in [1.29, 1.82) is 0 Å². The van der Waals surface area contributed by atoms with Crippen LogP contribution in [0.1, 0.15) is 12.5 Å². The molecular formula is C18H17FN2. The standard InChI is InChI=1S/C18H17FN2/c1-2-20-10-14-7-8-15(19)9-17(14)18-12-21-11-13-5-3-4-6-16(13)18/h3-9,11-12,20H,2,10H2,1H3. The maximum atomic E-state index is 13.7. The topological polar surface area (TPSA) is 24.9 Å². The van der Waals surface area contributed by atoms with Crippen molar-refractivity contribution in [3.05, 3.63) is 66.2 Å². The van der Waals surface area contributed by atoms with E-state index in [1.807, 2.05) is 42.7 Å². The summed E-state index contributed by atoms with van der Waals surface area (Å²) < 4.78 is 13.7. The lowest BCUT2D eigenvalue weighted by Gasteiger charge is -2.12. The zero-order valence-electron chi connectivity index (χ0n) is 11.9. The quantitative estimate of drug-likeness (QED) is 0.776. The van der Waals surface area contributed by atoms with Gasteiger partial charge in [-0.1, -0.05) is 37.3 Å². The van der Waals surface area contributed by atoms with E-state index in [0.717, 1.165) is 40.6 Å². The van der Waals surface area contributed by atoms with Gasteiger partial charge >= 0.3 is 0 Å². The smallest absolute Gasteiger partial charge is 0.123 e. The van der Waals surface area contributed by atoms with Crippen molar-refractivity contribution in [2.45, 2.75) is 13.5 Å². The molecule has 0 aliphatic heterocycles. The lowest BCUT2D eigenvalue weighted by atomic mass is 9.96. The van der Waals surface area contributed by atoms with Gasteiger partial charge in [0.05, 0.1) is 0 Å². The predicted molar refractivity (Wildman–Crippen MR) is 84.5 cm³/mol. The molecular weight excluding hydrogens is 263 g/mol. The Hall–Kier alpha value is -2.26. The van der Waals surface area contributed by atoms with E-state index < -0.39 is 0 Å². The SMILES string of the molecule is CCNCc1ccc(F)cc1-c1cncc2ccccc12. The van der Waals surface area contributed by atoms with Gasteiger partial charge in [0, 0.05) is 29.9 Å². The average molecular weight is 280 g/mol. The molecule has 2 aromatic carbocycles. The normalized spacial score (nSPS) is 11.0. The first kappa shape index (κ1) is 13.7. The summed E-state index contributed by atoms with van der Waals surface area (Å²) in [5, 5.41) is 5.46. The molecule has 3 heteroatoms. The van der Waals surface area contributed by atoms with E-state index in [2.05, 4.69) is 17.2 Å². The number of fused-ring (bicyclic) bond motifs is 1. The van der Waals surface area contributed by atoms with E-state index in [-0.39, 0.29) is 5.82 Å². The Morgan fingerprint density at radius 3 is 2.76 bits per heavy atom. The highest BCUT2D eigenvalue weighted by Gasteiger charge is 2.10. The second-order valence-electron chi connectivity index (χ2n) is 4.99. The molecule has 0 atom stereocenters. The minimum absolute atomic E-state index is 0.224. The fraction of sp³-hybridized carbons (Fsp3) is 0.167. The number of rotatable bonds is 4. The molecule has 2 nitrogen and oxygen atoms in total. The summed E-state index contributed by atoms with van der Waals surface area (Å²) in [6.45, 7) is 3.66. The molecule has 1 aromatic heterocycles. The first-order chi connectivity index (χ1) is 10.3. The van der Waals surface area contributed by atoms with Crippen LogP contribution < -0.4 is 5.32 Å². The van der Waals surface area contributed by atoms with Gasteiger partial charge in [0.25, 0.3) is 0 Å². The van der Waals surface area contributed by atoms with Crippen LogP contribution in [-0.4, -0.2) is 11.5 Å². The van der Waals surface area contributed by atoms with Crippen LogP contribution in [0.4, 0.5) is 4.39 Å². The molecule has 21 heavy (non-hydrogen) atoms. The maximum Gasteiger partial charge on any atom is 0.123 e. The van der Waals surface area contributed by atoms with Crippen LogP contribution >= 0.6 is 0 Å². The Morgan fingerprint density at radius 2 is 1.90 bits per heavy atom. The Bertz CT molecular complexity index is 763. The van der Waals surface area contributed by atoms with Gasteiger partial charge in [-0.25, -0.2) is 4.39 Å². The first-order valence-corrected chi connectivity index (χ1v) is 7.12. The zero-order valence-corrected chi connectivity index (χ0v) is 11.9. The number of benzene rings is 2. The molecule has 0 radical (unpaired) electrons. The van der Waals surface area contributed by atoms with Gasteiger partial charge in [0.15, 0.2) is 0 Å². The number of nitrogens with zero attached hydrogens (tertiary/aromatic N) is 1. The average Bonchev–Trinajstić information content (AvgIpc) is 2.53. The van der Waals surface area contributed by atoms with Crippen molar-refractivity contribution in [3.8, 4) is 11.1 Å². The van der Waals surface area contributed by atoms with Gasteiger partial charge in [-0.3, -0.25) is 4.98 Å². The highest BCUT2D eigenvalue weighted by molar-refractivity contribution is 5.96. The van der Waals surface area contributed by atoms with Gasteiger partial charge in [-0.05, 0) is 35.2 Å². The fourth-order valence-corrected chi connectivity index (χ4v) is 2.54. The molecule has 3 rings (SSSR count). The minimum atomic E-state index is -0.224. The van der Waals surface area contributed by atoms with Crippen molar-refractivity contribution in [2.24, 2.45) is 0 Å². The molecule has 0 aliphatic carbocycles. The van der Waals surface area contributed by atoms with Crippen molar-refractivity contribution in [3.63, 3.8) is 0 Å². The minimum Gasteiger partial charge on any atom is -0.313 e. The number of aromatic nitrogens is 1. The van der Waals surface area contributed by atoms with Gasteiger partial charge in [0.2, 0.25) is 0 Å². The lowest BCUT2D eigenvalue weighted by molar-refractivity contribution is 0.626. The maximum absolute atomic E-state index is 13.7. The van der Waals surface area contributed by atoms with Crippen LogP contribution in [0.25, 0.3) is 21.9 Å². The van der Waals surface area contributed by atoms with Crippen LogP contribution in [0.3, 0.4) is 0 Å². The molecule has 3 aromatic rings. The summed E-state index contributed by atoms with van der Waals surface area (Å²) in [5.41, 5.74) is 2.96. The largest absolute Gasteiger partial charge is 0.313 e. The molecule has 1 N–H and O–H groups in total. The first-order valence-electron chi connectivity index (χ1n) is 7.12. The van der Waals surface area contributed by atoms with Crippen molar-refractivity contribution < 1.29 is 4.39 Å². The summed E-state index contributed by atoms with van der Waals surface area (Å²) in [4.78, 5) is 4.30. The molecule has 0 fully saturated rings. The second-order valence-corrected chi connectivity index (χ2v) is 4.99. The van der Waals surface area contributed by atoms with Gasteiger partial charge in [0.1, 0.15) is 5.82 Å². The number of nitrogens with one attached hydrogen (secondary N) is 1. The Morgan fingerprint density at radius 1 is 1.05 bits per heavy atom. The van der Waals surface area contributed by atoms with Crippen molar-refractivity contribution >= 4 is 10.8 Å². The van der Waals surface area contributed by atoms with Crippen molar-refractivity contribution in [2.75, 3.05) is 6.54 Å². The number of hydrogen-bond donors (Lipinski definition) is 1. The lowest BCUT2D eigenvalue weighted by Crippen LogP contribution is -2.12. The highest BCUT2D eigenvalue weighted by Crippen LogP contribution is 2.30. The third-order valence-corrected chi connectivity index (χ3v) is 3.60. The van der Waals surface area contributed by atoms with Crippen LogP contribution in [0.5, 0.6) is 0 Å². The highest BCUT2D eigenvalue weighted by atomic mass is 19.1. The van der Waals surface area contributed by atoms with Crippen LogP contribution in [0, 0.1) is 5.82 Å². The van der Waals surface area contributed by atoms with E-state index >= 15 is 0 Å². The molecule has 0 aliphatic rings. The molecule has 0 saturated heterocycles. The molecule has 0 amide bonds. The van der Waals surface area contributed by atoms with E-state index in [4.69, 9.17) is 0 Å². The van der Waals surface area contributed by atoms with Gasteiger partial charge in [-0.2, -0.15) is 0 Å². The summed E-state index contributed by atoms with van der Waals surface area (Å²) in [5.74, 6) is -0.224. The van der Waals surface area contributed by atoms with Crippen molar-refractivity contribution in [1.82, 2.24) is 10.3 Å². The fourth-order valence-electron chi connectivity index (χ4n) is 2.54. The monoisotopic (exact) mass is 280 g/mol. The molecule has 0 spiro atoms. The Balaban J connectivity index is 2.19. The molecule has 0 saturated carbocycles. The molecule has 0 unspecified atom stereocenters. The van der Waals surface area contributed by atoms with E-state index in [1.54, 1.807) is 6.07 Å². The summed E-state index contributed by atoms with van der Waals surface area (Å²) in [6.07, 6.45) is 3.65. The van der Waals surface area contributed by atoms with Gasteiger partial charge in [-0.15, -0.1) is 0 Å². The van der Waals surface area contributed by atoms with Crippen LogP contribution in [0.15, 0.2) is 54.9 Å².